The van der Waals surface area contributed by atoms with Gasteiger partial charge in [-0.2, -0.15) is 0 Å². The van der Waals surface area contributed by atoms with E-state index >= 15 is 0 Å². The van der Waals surface area contributed by atoms with Gasteiger partial charge in [0, 0.05) is 22.7 Å². The zero-order chi connectivity index (χ0) is 13.8. The molecule has 4 nitrogen and oxygen atoms in total. The molecule has 1 amide bonds. The van der Waals surface area contributed by atoms with Gasteiger partial charge in [-0.1, -0.05) is 22.0 Å². The van der Waals surface area contributed by atoms with Crippen LogP contribution in [0.1, 0.15) is 13.3 Å². The number of hydrogen-bond donors (Lipinski definition) is 2. The Morgan fingerprint density at radius 2 is 2.42 bits per heavy atom. The molecule has 0 bridgehead atoms. The SMILES string of the molecule is CC(N)C1CCN(CC(=O)Nc2cccc(Br)c2)C1. The fourth-order valence-electron chi connectivity index (χ4n) is 2.41. The molecule has 2 unspecified atom stereocenters. The van der Waals surface area contributed by atoms with Gasteiger partial charge in [0.15, 0.2) is 0 Å². The molecule has 1 fully saturated rings. The minimum absolute atomic E-state index is 0.0309. The third-order valence-electron chi connectivity index (χ3n) is 3.53. The van der Waals surface area contributed by atoms with Crippen molar-refractivity contribution >= 4 is 27.5 Å². The number of halogens is 1. The number of benzene rings is 1. The maximum atomic E-state index is 12.0. The lowest BCUT2D eigenvalue weighted by atomic mass is 10.0. The molecule has 1 aliphatic rings. The molecule has 1 heterocycles. The van der Waals surface area contributed by atoms with Crippen LogP contribution in [0.15, 0.2) is 28.7 Å². The zero-order valence-corrected chi connectivity index (χ0v) is 12.7. The summed E-state index contributed by atoms with van der Waals surface area (Å²) in [6.07, 6.45) is 1.09. The molecule has 2 rings (SSSR count). The smallest absolute Gasteiger partial charge is 0.238 e. The van der Waals surface area contributed by atoms with Crippen molar-refractivity contribution in [3.05, 3.63) is 28.7 Å². The van der Waals surface area contributed by atoms with Gasteiger partial charge < -0.3 is 11.1 Å². The number of rotatable bonds is 4. The average Bonchev–Trinajstić information content (AvgIpc) is 2.77. The van der Waals surface area contributed by atoms with E-state index in [-0.39, 0.29) is 11.9 Å². The van der Waals surface area contributed by atoms with Crippen LogP contribution in [0.5, 0.6) is 0 Å². The van der Waals surface area contributed by atoms with Crippen LogP contribution in [0, 0.1) is 5.92 Å². The molecule has 1 aliphatic heterocycles. The number of hydrogen-bond acceptors (Lipinski definition) is 3. The molecular formula is C14H20BrN3O. The number of nitrogens with one attached hydrogen (secondary N) is 1. The summed E-state index contributed by atoms with van der Waals surface area (Å²) in [7, 11) is 0. The highest BCUT2D eigenvalue weighted by Crippen LogP contribution is 2.19. The van der Waals surface area contributed by atoms with Crippen molar-refractivity contribution in [1.82, 2.24) is 4.90 Å². The molecule has 0 saturated carbocycles. The summed E-state index contributed by atoms with van der Waals surface area (Å²) in [5.74, 6) is 0.544. The van der Waals surface area contributed by atoms with Gasteiger partial charge >= 0.3 is 0 Å². The summed E-state index contributed by atoms with van der Waals surface area (Å²) in [5.41, 5.74) is 6.72. The van der Waals surface area contributed by atoms with Gasteiger partial charge in [-0.3, -0.25) is 9.69 Å². The van der Waals surface area contributed by atoms with Crippen molar-refractivity contribution < 1.29 is 4.79 Å². The predicted molar refractivity (Wildman–Crippen MR) is 81.0 cm³/mol. The summed E-state index contributed by atoms with van der Waals surface area (Å²) < 4.78 is 0.962. The van der Waals surface area contributed by atoms with Crippen molar-refractivity contribution in [2.45, 2.75) is 19.4 Å². The second-order valence-corrected chi connectivity index (χ2v) is 6.12. The maximum Gasteiger partial charge on any atom is 0.238 e. The van der Waals surface area contributed by atoms with Crippen LogP contribution < -0.4 is 11.1 Å². The summed E-state index contributed by atoms with van der Waals surface area (Å²) >= 11 is 3.39. The minimum Gasteiger partial charge on any atom is -0.328 e. The van der Waals surface area contributed by atoms with Crippen molar-refractivity contribution in [3.63, 3.8) is 0 Å². The van der Waals surface area contributed by atoms with E-state index in [4.69, 9.17) is 5.73 Å². The van der Waals surface area contributed by atoms with E-state index in [1.807, 2.05) is 31.2 Å². The van der Waals surface area contributed by atoms with E-state index in [1.165, 1.54) is 0 Å². The Morgan fingerprint density at radius 3 is 3.05 bits per heavy atom. The summed E-state index contributed by atoms with van der Waals surface area (Å²) in [6.45, 7) is 4.35. The molecule has 104 valence electrons. The highest BCUT2D eigenvalue weighted by molar-refractivity contribution is 9.10. The monoisotopic (exact) mass is 325 g/mol. The van der Waals surface area contributed by atoms with Crippen LogP contribution in [0.2, 0.25) is 0 Å². The fraction of sp³-hybridized carbons (Fsp3) is 0.500. The third-order valence-corrected chi connectivity index (χ3v) is 4.02. The van der Waals surface area contributed by atoms with Crippen LogP contribution in [0.4, 0.5) is 5.69 Å². The Kier molecular flexibility index (Phi) is 4.96. The van der Waals surface area contributed by atoms with E-state index in [0.29, 0.717) is 12.5 Å². The number of nitrogens with two attached hydrogens (primary N) is 1. The number of amides is 1. The van der Waals surface area contributed by atoms with Gasteiger partial charge in [-0.15, -0.1) is 0 Å². The van der Waals surface area contributed by atoms with E-state index < -0.39 is 0 Å². The normalized spacial score (nSPS) is 21.3. The Balaban J connectivity index is 1.82. The molecule has 0 spiro atoms. The number of carbonyl (C=O) groups excluding carboxylic acids is 1. The van der Waals surface area contributed by atoms with Crippen LogP contribution in [0.3, 0.4) is 0 Å². The third kappa shape index (κ3) is 4.30. The van der Waals surface area contributed by atoms with Gasteiger partial charge in [-0.05, 0) is 44.0 Å². The molecule has 0 aliphatic carbocycles. The molecule has 2 atom stereocenters. The highest BCUT2D eigenvalue weighted by atomic mass is 79.9. The lowest BCUT2D eigenvalue weighted by molar-refractivity contribution is -0.117. The van der Waals surface area contributed by atoms with Gasteiger partial charge in [-0.25, -0.2) is 0 Å². The Morgan fingerprint density at radius 1 is 1.63 bits per heavy atom. The van der Waals surface area contributed by atoms with Crippen LogP contribution in [-0.2, 0) is 4.79 Å². The largest absolute Gasteiger partial charge is 0.328 e. The fourth-order valence-corrected chi connectivity index (χ4v) is 2.80. The van der Waals surface area contributed by atoms with Crippen LogP contribution in [0.25, 0.3) is 0 Å². The van der Waals surface area contributed by atoms with Gasteiger partial charge in [0.05, 0.1) is 6.54 Å². The Hall–Kier alpha value is -0.910. The number of nitrogens with zero attached hydrogens (tertiary/aromatic N) is 1. The van der Waals surface area contributed by atoms with Gasteiger partial charge in [0.25, 0.3) is 0 Å². The lowest BCUT2D eigenvalue weighted by Gasteiger charge is -2.17. The molecule has 19 heavy (non-hydrogen) atoms. The van der Waals surface area contributed by atoms with E-state index in [0.717, 1.165) is 29.7 Å². The molecule has 5 heteroatoms. The molecule has 1 aromatic carbocycles. The quantitative estimate of drug-likeness (QED) is 0.890. The lowest BCUT2D eigenvalue weighted by Crippen LogP contribution is -2.34. The van der Waals surface area contributed by atoms with E-state index in [1.54, 1.807) is 0 Å². The highest BCUT2D eigenvalue weighted by Gasteiger charge is 2.26. The number of anilines is 1. The minimum atomic E-state index is 0.0309. The predicted octanol–water partition coefficient (Wildman–Crippen LogP) is 2.06. The maximum absolute atomic E-state index is 12.0. The number of likely N-dealkylation sites (tertiary alicyclic amines) is 1. The molecular weight excluding hydrogens is 306 g/mol. The standard InChI is InChI=1S/C14H20BrN3O/c1-10(16)11-5-6-18(8-11)9-14(19)17-13-4-2-3-12(15)7-13/h2-4,7,10-11H,5-6,8-9,16H2,1H3,(H,17,19). The summed E-state index contributed by atoms with van der Waals surface area (Å²) in [4.78, 5) is 14.1. The zero-order valence-electron chi connectivity index (χ0n) is 11.1. The van der Waals surface area contributed by atoms with Crippen molar-refractivity contribution in [3.8, 4) is 0 Å². The van der Waals surface area contributed by atoms with Gasteiger partial charge in [0.2, 0.25) is 5.91 Å². The van der Waals surface area contributed by atoms with Gasteiger partial charge in [0.1, 0.15) is 0 Å². The van der Waals surface area contributed by atoms with Crippen LogP contribution >= 0.6 is 15.9 Å². The van der Waals surface area contributed by atoms with Crippen molar-refractivity contribution in [2.24, 2.45) is 11.7 Å². The summed E-state index contributed by atoms with van der Waals surface area (Å²) in [6, 6.07) is 7.83. The number of carbonyl (C=O) groups is 1. The van der Waals surface area contributed by atoms with E-state index in [2.05, 4.69) is 26.1 Å². The molecule has 0 radical (unpaired) electrons. The molecule has 3 N–H and O–H groups in total. The van der Waals surface area contributed by atoms with Crippen LogP contribution in [-0.4, -0.2) is 36.5 Å². The second kappa shape index (κ2) is 6.50. The molecule has 0 aromatic heterocycles. The van der Waals surface area contributed by atoms with Crippen molar-refractivity contribution in [2.75, 3.05) is 25.0 Å². The Labute approximate surface area is 122 Å². The topological polar surface area (TPSA) is 58.4 Å². The second-order valence-electron chi connectivity index (χ2n) is 5.20. The first-order valence-corrected chi connectivity index (χ1v) is 7.37. The molecule has 1 saturated heterocycles. The summed E-state index contributed by atoms with van der Waals surface area (Å²) in [5, 5.41) is 2.91. The first-order valence-electron chi connectivity index (χ1n) is 6.58. The first kappa shape index (κ1) is 14.5. The Bertz CT molecular complexity index is 450. The van der Waals surface area contributed by atoms with E-state index in [9.17, 15) is 4.79 Å². The van der Waals surface area contributed by atoms with Crippen molar-refractivity contribution in [1.29, 1.82) is 0 Å². The average molecular weight is 326 g/mol. The first-order chi connectivity index (χ1) is 9.04. The molecule has 1 aromatic rings.